The van der Waals surface area contributed by atoms with Crippen molar-refractivity contribution in [2.75, 3.05) is 36.8 Å². The number of carbonyl (C=O) groups excluding carboxylic acids is 2. The lowest BCUT2D eigenvalue weighted by molar-refractivity contribution is 0.0619. The molecule has 0 aliphatic carbocycles. The summed E-state index contributed by atoms with van der Waals surface area (Å²) in [6, 6.07) is 34.4. The standard InChI is InChI=1S/C38H34N6O3/c1-26-31(37(46)44-22-20-43(21-23-44)25-30-11-8-24-47-30)13-7-15-33(26)40-36(45)28-16-18-29(19-17-28)39-38-41-34-14-6-5-12-32(34)35(42-38)27-9-3-2-4-10-27/h2-19,24H,20-23,25H2,1H3,(H,40,45)(H,39,41,42). The zero-order chi connectivity index (χ0) is 32.2. The summed E-state index contributed by atoms with van der Waals surface area (Å²) in [6.45, 7) is 5.42. The molecule has 9 heteroatoms. The van der Waals surface area contributed by atoms with Crippen molar-refractivity contribution in [2.45, 2.75) is 13.5 Å². The number of piperazine rings is 1. The predicted molar refractivity (Wildman–Crippen MR) is 184 cm³/mol. The Balaban J connectivity index is 1.01. The van der Waals surface area contributed by atoms with Gasteiger partial charge in [-0.05, 0) is 67.1 Å². The second-order valence-electron chi connectivity index (χ2n) is 11.6. The highest BCUT2D eigenvalue weighted by Crippen LogP contribution is 2.28. The summed E-state index contributed by atoms with van der Waals surface area (Å²) in [7, 11) is 0. The SMILES string of the molecule is Cc1c(NC(=O)c2ccc(Nc3nc(-c4ccccc4)c4ccccc4n3)cc2)cccc1C(=O)N1CCN(Cc2ccco2)CC1. The van der Waals surface area contributed by atoms with Gasteiger partial charge in [-0.15, -0.1) is 0 Å². The van der Waals surface area contributed by atoms with Crippen molar-refractivity contribution in [1.82, 2.24) is 19.8 Å². The van der Waals surface area contributed by atoms with E-state index in [1.165, 1.54) is 0 Å². The monoisotopic (exact) mass is 622 g/mol. The molecule has 7 rings (SSSR count). The van der Waals surface area contributed by atoms with Crippen molar-refractivity contribution in [1.29, 1.82) is 0 Å². The number of hydrogen-bond donors (Lipinski definition) is 2. The third-order valence-electron chi connectivity index (χ3n) is 8.49. The maximum Gasteiger partial charge on any atom is 0.255 e. The van der Waals surface area contributed by atoms with E-state index in [9.17, 15) is 9.59 Å². The summed E-state index contributed by atoms with van der Waals surface area (Å²) in [5.74, 6) is 1.10. The van der Waals surface area contributed by atoms with E-state index in [-0.39, 0.29) is 11.8 Å². The highest BCUT2D eigenvalue weighted by molar-refractivity contribution is 6.06. The lowest BCUT2D eigenvalue weighted by Crippen LogP contribution is -2.48. The zero-order valence-corrected chi connectivity index (χ0v) is 26.0. The number of anilines is 3. The van der Waals surface area contributed by atoms with E-state index < -0.39 is 0 Å². The molecule has 1 aliphatic heterocycles. The summed E-state index contributed by atoms with van der Waals surface area (Å²) < 4.78 is 5.47. The predicted octanol–water partition coefficient (Wildman–Crippen LogP) is 7.15. The summed E-state index contributed by atoms with van der Waals surface area (Å²) in [5, 5.41) is 7.26. The molecule has 47 heavy (non-hydrogen) atoms. The molecule has 4 aromatic carbocycles. The first-order valence-corrected chi connectivity index (χ1v) is 15.7. The van der Waals surface area contributed by atoms with E-state index in [2.05, 4.69) is 15.5 Å². The summed E-state index contributed by atoms with van der Waals surface area (Å²) in [5.41, 5.74) is 5.87. The minimum Gasteiger partial charge on any atom is -0.468 e. The van der Waals surface area contributed by atoms with Crippen molar-refractivity contribution in [2.24, 2.45) is 0 Å². The van der Waals surface area contributed by atoms with Gasteiger partial charge in [-0.25, -0.2) is 9.97 Å². The molecule has 1 aliphatic rings. The number of benzene rings is 4. The number of rotatable bonds is 8. The third kappa shape index (κ3) is 6.61. The average Bonchev–Trinajstić information content (AvgIpc) is 3.63. The highest BCUT2D eigenvalue weighted by Gasteiger charge is 2.24. The van der Waals surface area contributed by atoms with Crippen molar-refractivity contribution in [3.8, 4) is 11.3 Å². The smallest absolute Gasteiger partial charge is 0.255 e. The third-order valence-corrected chi connectivity index (χ3v) is 8.49. The van der Waals surface area contributed by atoms with Gasteiger partial charge < -0.3 is 20.0 Å². The fourth-order valence-electron chi connectivity index (χ4n) is 5.88. The van der Waals surface area contributed by atoms with Crippen LogP contribution in [-0.2, 0) is 6.54 Å². The number of amides is 2. The molecule has 6 aromatic rings. The number of fused-ring (bicyclic) bond motifs is 1. The molecule has 0 saturated carbocycles. The molecule has 1 saturated heterocycles. The molecule has 0 unspecified atom stereocenters. The van der Waals surface area contributed by atoms with Crippen molar-refractivity contribution >= 4 is 40.0 Å². The molecule has 2 aromatic heterocycles. The molecule has 0 bridgehead atoms. The van der Waals surface area contributed by atoms with E-state index in [1.807, 2.05) is 109 Å². The number of carbonyl (C=O) groups is 2. The first-order valence-electron chi connectivity index (χ1n) is 15.7. The maximum atomic E-state index is 13.5. The summed E-state index contributed by atoms with van der Waals surface area (Å²) >= 11 is 0. The normalized spacial score (nSPS) is 13.4. The number of nitrogens with zero attached hydrogens (tertiary/aromatic N) is 4. The summed E-state index contributed by atoms with van der Waals surface area (Å²) in [4.78, 5) is 40.4. The first kappa shape index (κ1) is 29.9. The van der Waals surface area contributed by atoms with Crippen LogP contribution >= 0.6 is 0 Å². The molecular formula is C38H34N6O3. The van der Waals surface area contributed by atoms with Crippen molar-refractivity contribution < 1.29 is 14.0 Å². The molecular weight excluding hydrogens is 588 g/mol. The van der Waals surface area contributed by atoms with Gasteiger partial charge in [-0.2, -0.15) is 0 Å². The van der Waals surface area contributed by atoms with Gasteiger partial charge in [0.05, 0.1) is 24.0 Å². The molecule has 1 fully saturated rings. The van der Waals surface area contributed by atoms with Crippen LogP contribution in [-0.4, -0.2) is 57.8 Å². The van der Waals surface area contributed by atoms with Crippen LogP contribution in [0.5, 0.6) is 0 Å². The Morgan fingerprint density at radius 3 is 2.32 bits per heavy atom. The minimum absolute atomic E-state index is 0.0296. The van der Waals surface area contributed by atoms with Crippen LogP contribution in [0.2, 0.25) is 0 Å². The Morgan fingerprint density at radius 1 is 0.787 bits per heavy atom. The van der Waals surface area contributed by atoms with Gasteiger partial charge in [-0.1, -0.05) is 54.6 Å². The van der Waals surface area contributed by atoms with E-state index in [1.54, 1.807) is 18.4 Å². The molecule has 0 radical (unpaired) electrons. The van der Waals surface area contributed by atoms with Gasteiger partial charge in [0.2, 0.25) is 5.95 Å². The fraction of sp³-hybridized carbons (Fsp3) is 0.158. The van der Waals surface area contributed by atoms with Gasteiger partial charge in [0.1, 0.15) is 5.76 Å². The zero-order valence-electron chi connectivity index (χ0n) is 26.0. The fourth-order valence-corrected chi connectivity index (χ4v) is 5.88. The van der Waals surface area contributed by atoms with Gasteiger partial charge in [0.25, 0.3) is 11.8 Å². The molecule has 2 N–H and O–H groups in total. The molecule has 0 atom stereocenters. The first-order chi connectivity index (χ1) is 23.0. The minimum atomic E-state index is -0.260. The lowest BCUT2D eigenvalue weighted by atomic mass is 10.0. The largest absolute Gasteiger partial charge is 0.468 e. The Labute approximate surface area is 272 Å². The number of hydrogen-bond acceptors (Lipinski definition) is 7. The van der Waals surface area contributed by atoms with Gasteiger partial charge in [0.15, 0.2) is 0 Å². The van der Waals surface area contributed by atoms with Crippen LogP contribution in [0.15, 0.2) is 120 Å². The maximum absolute atomic E-state index is 13.5. The Hall–Kier alpha value is -5.80. The Morgan fingerprint density at radius 2 is 1.55 bits per heavy atom. The van der Waals surface area contributed by atoms with Crippen LogP contribution in [0.3, 0.4) is 0 Å². The van der Waals surface area contributed by atoms with Gasteiger partial charge in [0, 0.05) is 59.6 Å². The number of aromatic nitrogens is 2. The topological polar surface area (TPSA) is 104 Å². The Bertz CT molecular complexity index is 2020. The summed E-state index contributed by atoms with van der Waals surface area (Å²) in [6.07, 6.45) is 1.68. The lowest BCUT2D eigenvalue weighted by Gasteiger charge is -2.34. The second kappa shape index (κ2) is 13.3. The molecule has 2 amide bonds. The van der Waals surface area contributed by atoms with Gasteiger partial charge in [-0.3, -0.25) is 14.5 Å². The molecule has 0 spiro atoms. The van der Waals surface area contributed by atoms with Crippen LogP contribution in [0, 0.1) is 6.92 Å². The average molecular weight is 623 g/mol. The van der Waals surface area contributed by atoms with Crippen LogP contribution < -0.4 is 10.6 Å². The second-order valence-corrected chi connectivity index (χ2v) is 11.6. The number of furan rings is 1. The van der Waals surface area contributed by atoms with E-state index in [0.29, 0.717) is 35.9 Å². The van der Waals surface area contributed by atoms with E-state index >= 15 is 0 Å². The van der Waals surface area contributed by atoms with E-state index in [0.717, 1.165) is 58.8 Å². The van der Waals surface area contributed by atoms with Crippen LogP contribution in [0.1, 0.15) is 32.0 Å². The molecule has 234 valence electrons. The highest BCUT2D eigenvalue weighted by atomic mass is 16.3. The molecule has 9 nitrogen and oxygen atoms in total. The molecule has 3 heterocycles. The van der Waals surface area contributed by atoms with Crippen molar-refractivity contribution in [3.05, 3.63) is 138 Å². The van der Waals surface area contributed by atoms with Crippen molar-refractivity contribution in [3.63, 3.8) is 0 Å². The Kier molecular flexibility index (Phi) is 8.44. The quantitative estimate of drug-likeness (QED) is 0.186. The van der Waals surface area contributed by atoms with Gasteiger partial charge >= 0.3 is 0 Å². The van der Waals surface area contributed by atoms with E-state index in [4.69, 9.17) is 14.4 Å². The number of para-hydroxylation sites is 1. The van der Waals surface area contributed by atoms with Crippen LogP contribution in [0.25, 0.3) is 22.2 Å². The number of nitrogens with one attached hydrogen (secondary N) is 2. The van der Waals surface area contributed by atoms with Crippen LogP contribution in [0.4, 0.5) is 17.3 Å².